The van der Waals surface area contributed by atoms with Crippen molar-refractivity contribution < 1.29 is 0 Å². The van der Waals surface area contributed by atoms with Crippen LogP contribution in [0.5, 0.6) is 0 Å². The van der Waals surface area contributed by atoms with Gasteiger partial charge in [0, 0.05) is 43.1 Å². The number of benzene rings is 11. The van der Waals surface area contributed by atoms with Crippen molar-refractivity contribution in [3.63, 3.8) is 0 Å². The molecule has 0 saturated carbocycles. The van der Waals surface area contributed by atoms with E-state index in [1.807, 2.05) is 0 Å². The van der Waals surface area contributed by atoms with Crippen molar-refractivity contribution in [2.75, 3.05) is 0 Å². The van der Waals surface area contributed by atoms with E-state index in [-0.39, 0.29) is 17.0 Å². The number of allylic oxidation sites excluding steroid dienone is 4. The summed E-state index contributed by atoms with van der Waals surface area (Å²) in [5, 5.41) is 33.5. The lowest BCUT2D eigenvalue weighted by Crippen LogP contribution is -2.35. The van der Waals surface area contributed by atoms with E-state index < -0.39 is 5.41 Å². The van der Waals surface area contributed by atoms with Crippen LogP contribution in [0.25, 0.3) is 121 Å². The van der Waals surface area contributed by atoms with Crippen molar-refractivity contribution >= 4 is 87.2 Å². The molecule has 0 bridgehead atoms. The lowest BCUT2D eigenvalue weighted by Gasteiger charge is -2.39. The molecular formula is C75H46N6. The van der Waals surface area contributed by atoms with E-state index in [4.69, 9.17) is 0 Å². The summed E-state index contributed by atoms with van der Waals surface area (Å²) in [6.07, 6.45) is 9.98. The van der Waals surface area contributed by atoms with Gasteiger partial charge in [0.2, 0.25) is 0 Å². The molecule has 0 amide bonds. The normalized spacial score (nSPS) is 15.7. The average Bonchev–Trinajstić information content (AvgIpc) is 4.45. The van der Waals surface area contributed by atoms with E-state index in [0.717, 1.165) is 105 Å². The first-order valence-corrected chi connectivity index (χ1v) is 27.8. The number of nitriles is 2. The summed E-state index contributed by atoms with van der Waals surface area (Å²) in [6.45, 7) is 0. The quantitative estimate of drug-likeness (QED) is 0.167. The zero-order chi connectivity index (χ0) is 53.5. The third-order valence-corrected chi connectivity index (χ3v) is 17.9. The van der Waals surface area contributed by atoms with Crippen molar-refractivity contribution in [2.24, 2.45) is 5.92 Å². The van der Waals surface area contributed by atoms with Gasteiger partial charge in [-0.3, -0.25) is 0 Å². The summed E-state index contributed by atoms with van der Waals surface area (Å²) in [7, 11) is 0. The Bertz CT molecular complexity index is 5210. The number of hydrogen-bond acceptors (Lipinski definition) is 2. The molecule has 2 unspecified atom stereocenters. The van der Waals surface area contributed by atoms with Gasteiger partial charge in [0.1, 0.15) is 12.1 Å². The van der Waals surface area contributed by atoms with Crippen molar-refractivity contribution in [3.8, 4) is 46.0 Å². The van der Waals surface area contributed by atoms with E-state index in [1.54, 1.807) is 0 Å². The smallest absolute Gasteiger partial charge is 0.103 e. The molecule has 2 atom stereocenters. The lowest BCUT2D eigenvalue weighted by molar-refractivity contribution is 0.457. The van der Waals surface area contributed by atoms with Crippen molar-refractivity contribution in [2.45, 2.75) is 11.8 Å². The predicted octanol–water partition coefficient (Wildman–Crippen LogP) is 18.3. The van der Waals surface area contributed by atoms with Gasteiger partial charge in [-0.25, -0.2) is 0 Å². The zero-order valence-corrected chi connectivity index (χ0v) is 43.8. The summed E-state index contributed by atoms with van der Waals surface area (Å²) < 4.78 is 9.38. The van der Waals surface area contributed by atoms with Gasteiger partial charge in [-0.15, -0.1) is 0 Å². The number of rotatable bonds is 6. The second kappa shape index (κ2) is 17.0. The number of para-hydroxylation sites is 7. The third-order valence-electron chi connectivity index (χ3n) is 17.9. The summed E-state index contributed by atoms with van der Waals surface area (Å²) in [4.78, 5) is 0. The number of aromatic nitrogens is 4. The van der Waals surface area contributed by atoms with Gasteiger partial charge < -0.3 is 18.3 Å². The van der Waals surface area contributed by atoms with Crippen molar-refractivity contribution in [3.05, 3.63) is 289 Å². The fraction of sp³-hybridized carbons (Fsp3) is 0.0400. The minimum atomic E-state index is -0.514. The maximum Gasteiger partial charge on any atom is 0.103 e. The molecule has 0 saturated heterocycles. The highest BCUT2D eigenvalue weighted by Gasteiger charge is 2.50. The molecule has 6 heteroatoms. The second-order valence-corrected chi connectivity index (χ2v) is 21.6. The minimum Gasteiger partial charge on any atom is -0.306 e. The second-order valence-electron chi connectivity index (χ2n) is 21.6. The number of nitrogens with zero attached hydrogens (tertiary/aromatic N) is 6. The minimum absolute atomic E-state index is 0.130. The molecule has 4 aromatic heterocycles. The van der Waals surface area contributed by atoms with Gasteiger partial charge in [0.05, 0.1) is 83.4 Å². The van der Waals surface area contributed by atoms with Crippen LogP contribution >= 0.6 is 0 Å². The maximum absolute atomic E-state index is 12.5. The molecule has 376 valence electrons. The lowest BCUT2D eigenvalue weighted by atomic mass is 9.62. The molecule has 4 heterocycles. The van der Waals surface area contributed by atoms with E-state index in [1.165, 1.54) is 27.8 Å². The molecule has 2 aliphatic carbocycles. The Balaban J connectivity index is 1.15. The van der Waals surface area contributed by atoms with Crippen LogP contribution in [0.1, 0.15) is 34.2 Å². The molecule has 2 aliphatic rings. The Labute approximate surface area is 466 Å². The molecule has 81 heavy (non-hydrogen) atoms. The summed E-state index contributed by atoms with van der Waals surface area (Å²) in [5.74, 6) is 0.130. The highest BCUT2D eigenvalue weighted by Crippen LogP contribution is 2.61. The molecule has 11 aromatic carbocycles. The zero-order valence-electron chi connectivity index (χ0n) is 43.8. The monoisotopic (exact) mass is 1030 g/mol. The van der Waals surface area contributed by atoms with Crippen LogP contribution in [0.2, 0.25) is 0 Å². The highest BCUT2D eigenvalue weighted by molar-refractivity contribution is 6.20. The first-order valence-electron chi connectivity index (χ1n) is 27.8. The molecular weight excluding hydrogens is 985 g/mol. The van der Waals surface area contributed by atoms with Crippen molar-refractivity contribution in [1.29, 1.82) is 10.5 Å². The molecule has 0 fully saturated rings. The Hall–Kier alpha value is -10.9. The van der Waals surface area contributed by atoms with Crippen LogP contribution in [0, 0.1) is 28.6 Å². The maximum atomic E-state index is 12.5. The first kappa shape index (κ1) is 45.1. The van der Waals surface area contributed by atoms with Gasteiger partial charge in [-0.2, -0.15) is 10.5 Å². The van der Waals surface area contributed by atoms with E-state index >= 15 is 0 Å². The van der Waals surface area contributed by atoms with Gasteiger partial charge in [-0.05, 0) is 88.7 Å². The SMILES string of the molecule is N#Cc1c(C#N)c(-n2c3ccccc3c3c4c(ccc32)C(c2ccccc2)(C2C=CC=CC2)c2ccccc2-4)c(-n2c3ccccc3c3ccccc32)c(-n2c3ccccc3c3ccccc32)c1-n1c2ccccc2c2ccccc21. The van der Waals surface area contributed by atoms with Crippen LogP contribution in [-0.4, -0.2) is 18.3 Å². The fourth-order valence-electron chi connectivity index (χ4n) is 14.9. The third kappa shape index (κ3) is 5.87. The molecule has 17 rings (SSSR count). The van der Waals surface area contributed by atoms with Crippen molar-refractivity contribution in [1.82, 2.24) is 18.3 Å². The van der Waals surface area contributed by atoms with Gasteiger partial charge in [-0.1, -0.05) is 212 Å². The first-order chi connectivity index (χ1) is 40.2. The van der Waals surface area contributed by atoms with Gasteiger partial charge in [0.15, 0.2) is 0 Å². The molecule has 0 spiro atoms. The Kier molecular flexibility index (Phi) is 9.49. The molecule has 0 aliphatic heterocycles. The van der Waals surface area contributed by atoms with Crippen LogP contribution in [0.15, 0.2) is 261 Å². The number of fused-ring (bicyclic) bond motifs is 16. The molecule has 0 radical (unpaired) electrons. The summed E-state index contributed by atoms with van der Waals surface area (Å²) in [6, 6.07) is 90.5. The van der Waals surface area contributed by atoms with E-state index in [2.05, 4.69) is 291 Å². The summed E-state index contributed by atoms with van der Waals surface area (Å²) >= 11 is 0. The van der Waals surface area contributed by atoms with Gasteiger partial charge >= 0.3 is 0 Å². The van der Waals surface area contributed by atoms with Crippen LogP contribution in [-0.2, 0) is 5.41 Å². The average molecular weight is 1030 g/mol. The number of hydrogen-bond donors (Lipinski definition) is 0. The predicted molar refractivity (Wildman–Crippen MR) is 331 cm³/mol. The Morgan fingerprint density at radius 1 is 0.346 bits per heavy atom. The molecule has 0 N–H and O–H groups in total. The highest BCUT2D eigenvalue weighted by atomic mass is 15.1. The largest absolute Gasteiger partial charge is 0.306 e. The van der Waals surface area contributed by atoms with Crippen LogP contribution in [0.4, 0.5) is 0 Å². The van der Waals surface area contributed by atoms with Crippen LogP contribution < -0.4 is 0 Å². The summed E-state index contributed by atoms with van der Waals surface area (Å²) in [5.41, 5.74) is 16.6. The fourth-order valence-corrected chi connectivity index (χ4v) is 14.9. The Morgan fingerprint density at radius 2 is 0.728 bits per heavy atom. The molecule has 15 aromatic rings. The Morgan fingerprint density at radius 3 is 1.17 bits per heavy atom. The van der Waals surface area contributed by atoms with E-state index in [0.29, 0.717) is 11.4 Å². The van der Waals surface area contributed by atoms with E-state index in [9.17, 15) is 10.5 Å². The van der Waals surface area contributed by atoms with Crippen LogP contribution in [0.3, 0.4) is 0 Å². The molecule has 6 nitrogen and oxygen atoms in total. The standard InChI is InChI=1S/C75H46N6/c76-45-57-58(46-77)72(81-67-42-22-14-34-56(67)70-68(81)44-43-60-69(70)55-33-7-15-35-59(55)75(60,47-23-3-1-4-24-47)48-25-5-2-6-26-48)74(80-65-40-20-12-31-53(65)54-32-13-21-41-66(54)80)73(79-63-38-18-10-29-51(63)52-30-11-19-39-64(52)79)71(57)78-61-36-16-8-27-49(61)50-28-9-17-37-62(50)78/h1-25,27-44,48H,26H2. The van der Waals surface area contributed by atoms with Gasteiger partial charge in [0.25, 0.3) is 0 Å². The topological polar surface area (TPSA) is 67.3 Å².